The molecule has 0 aromatic heterocycles. The van der Waals surface area contributed by atoms with Crippen LogP contribution >= 0.6 is 0 Å². The Balaban J connectivity index is 2.30. The lowest BCUT2D eigenvalue weighted by atomic mass is 9.88. The van der Waals surface area contributed by atoms with Gasteiger partial charge in [-0.3, -0.25) is 0 Å². The highest BCUT2D eigenvalue weighted by Gasteiger charge is 2.23. The zero-order valence-corrected chi connectivity index (χ0v) is 8.25. The predicted octanol–water partition coefficient (Wildman–Crippen LogP) is 1.79. The molecule has 2 N–H and O–H groups in total. The second-order valence-corrected chi connectivity index (χ2v) is 4.12. The maximum Gasteiger partial charge on any atom is 0.0600 e. The van der Waals surface area contributed by atoms with Crippen LogP contribution in [0.3, 0.4) is 0 Å². The summed E-state index contributed by atoms with van der Waals surface area (Å²) in [6.45, 7) is 6.23. The van der Waals surface area contributed by atoms with E-state index in [-0.39, 0.29) is 0 Å². The van der Waals surface area contributed by atoms with Gasteiger partial charge in [-0.1, -0.05) is 13.8 Å². The summed E-state index contributed by atoms with van der Waals surface area (Å²) in [5, 5.41) is 0. The molecule has 2 nitrogen and oxygen atoms in total. The van der Waals surface area contributed by atoms with E-state index < -0.39 is 0 Å². The van der Waals surface area contributed by atoms with Gasteiger partial charge >= 0.3 is 0 Å². The summed E-state index contributed by atoms with van der Waals surface area (Å²) in [5.41, 5.74) is 5.54. The Morgan fingerprint density at radius 2 is 2.25 bits per heavy atom. The maximum atomic E-state index is 5.68. The third-order valence-electron chi connectivity index (χ3n) is 2.74. The highest BCUT2D eigenvalue weighted by Crippen LogP contribution is 2.26. The van der Waals surface area contributed by atoms with Crippen molar-refractivity contribution in [2.24, 2.45) is 17.6 Å². The second kappa shape index (κ2) is 4.83. The normalized spacial score (nSPS) is 31.0. The van der Waals surface area contributed by atoms with E-state index in [2.05, 4.69) is 13.8 Å². The largest absolute Gasteiger partial charge is 0.378 e. The van der Waals surface area contributed by atoms with E-state index >= 15 is 0 Å². The van der Waals surface area contributed by atoms with Crippen molar-refractivity contribution in [1.29, 1.82) is 0 Å². The van der Waals surface area contributed by atoms with Gasteiger partial charge in [0.15, 0.2) is 0 Å². The van der Waals surface area contributed by atoms with Crippen LogP contribution in [0, 0.1) is 11.8 Å². The fourth-order valence-corrected chi connectivity index (χ4v) is 1.86. The highest BCUT2D eigenvalue weighted by molar-refractivity contribution is 4.73. The first kappa shape index (κ1) is 10.0. The lowest BCUT2D eigenvalue weighted by molar-refractivity contribution is -0.0349. The van der Waals surface area contributed by atoms with Crippen LogP contribution in [0.2, 0.25) is 0 Å². The lowest BCUT2D eigenvalue weighted by Gasteiger charge is -2.31. The molecule has 72 valence electrons. The number of hydrogen-bond donors (Lipinski definition) is 1. The van der Waals surface area contributed by atoms with Crippen LogP contribution < -0.4 is 5.73 Å². The van der Waals surface area contributed by atoms with E-state index in [4.69, 9.17) is 10.5 Å². The number of nitrogens with two attached hydrogens (primary N) is 1. The van der Waals surface area contributed by atoms with Gasteiger partial charge in [-0.25, -0.2) is 0 Å². The summed E-state index contributed by atoms with van der Waals surface area (Å²) >= 11 is 0. The molecule has 12 heavy (non-hydrogen) atoms. The van der Waals surface area contributed by atoms with E-state index in [0.717, 1.165) is 19.1 Å². The molecule has 1 rings (SSSR count). The zero-order valence-electron chi connectivity index (χ0n) is 8.25. The third-order valence-corrected chi connectivity index (χ3v) is 2.74. The molecule has 2 unspecified atom stereocenters. The minimum absolute atomic E-state index is 0.482. The first-order chi connectivity index (χ1) is 5.74. The topological polar surface area (TPSA) is 35.2 Å². The Morgan fingerprint density at radius 1 is 1.50 bits per heavy atom. The molecular formula is C10H21NO. The Hall–Kier alpha value is -0.0800. The zero-order chi connectivity index (χ0) is 8.97. The van der Waals surface area contributed by atoms with E-state index in [1.165, 1.54) is 19.3 Å². The van der Waals surface area contributed by atoms with Crippen LogP contribution in [-0.2, 0) is 4.74 Å². The van der Waals surface area contributed by atoms with Crippen LogP contribution in [0.25, 0.3) is 0 Å². The Morgan fingerprint density at radius 3 is 2.83 bits per heavy atom. The molecule has 0 aromatic carbocycles. The van der Waals surface area contributed by atoms with Crippen molar-refractivity contribution in [1.82, 2.24) is 0 Å². The Kier molecular flexibility index (Phi) is 4.02. The van der Waals surface area contributed by atoms with Gasteiger partial charge in [0, 0.05) is 6.61 Å². The maximum absolute atomic E-state index is 5.68. The number of rotatable bonds is 3. The minimum Gasteiger partial charge on any atom is -0.378 e. The predicted molar refractivity (Wildman–Crippen MR) is 51.0 cm³/mol. The van der Waals surface area contributed by atoms with Crippen molar-refractivity contribution in [3.05, 3.63) is 0 Å². The molecule has 1 fully saturated rings. The second-order valence-electron chi connectivity index (χ2n) is 4.12. The Labute approximate surface area is 75.5 Å². The fourth-order valence-electron chi connectivity index (χ4n) is 1.86. The molecule has 1 aliphatic heterocycles. The van der Waals surface area contributed by atoms with Crippen molar-refractivity contribution in [2.45, 2.75) is 39.2 Å². The first-order valence-electron chi connectivity index (χ1n) is 5.05. The molecule has 0 aromatic rings. The molecule has 1 aliphatic rings. The fraction of sp³-hybridized carbons (Fsp3) is 1.00. The average molecular weight is 171 g/mol. The Bertz CT molecular complexity index is 123. The summed E-state index contributed by atoms with van der Waals surface area (Å²) in [5.74, 6) is 1.47. The van der Waals surface area contributed by atoms with Crippen molar-refractivity contribution >= 4 is 0 Å². The van der Waals surface area contributed by atoms with E-state index in [1.54, 1.807) is 0 Å². The summed E-state index contributed by atoms with van der Waals surface area (Å²) in [6.07, 6.45) is 4.08. The van der Waals surface area contributed by atoms with Crippen LogP contribution in [0.5, 0.6) is 0 Å². The molecule has 0 spiro atoms. The van der Waals surface area contributed by atoms with Crippen molar-refractivity contribution in [2.75, 3.05) is 13.2 Å². The monoisotopic (exact) mass is 171 g/mol. The van der Waals surface area contributed by atoms with Crippen LogP contribution in [0.15, 0.2) is 0 Å². The van der Waals surface area contributed by atoms with Crippen molar-refractivity contribution < 1.29 is 4.74 Å². The van der Waals surface area contributed by atoms with Crippen LogP contribution in [0.1, 0.15) is 33.1 Å². The quantitative estimate of drug-likeness (QED) is 0.702. The van der Waals surface area contributed by atoms with Crippen LogP contribution in [0.4, 0.5) is 0 Å². The number of ether oxygens (including phenoxy) is 1. The molecule has 0 aliphatic carbocycles. The molecule has 1 heterocycles. The van der Waals surface area contributed by atoms with Gasteiger partial charge in [-0.15, -0.1) is 0 Å². The molecule has 0 amide bonds. The summed E-state index contributed by atoms with van der Waals surface area (Å²) in [6, 6.07) is 0. The molecule has 2 heteroatoms. The van der Waals surface area contributed by atoms with E-state index in [0.29, 0.717) is 12.0 Å². The van der Waals surface area contributed by atoms with Gasteiger partial charge in [0.1, 0.15) is 0 Å². The molecule has 2 atom stereocenters. The van der Waals surface area contributed by atoms with Crippen molar-refractivity contribution in [3.8, 4) is 0 Å². The molecule has 0 radical (unpaired) electrons. The molecular weight excluding hydrogens is 150 g/mol. The van der Waals surface area contributed by atoms with Gasteiger partial charge in [-0.05, 0) is 37.6 Å². The van der Waals surface area contributed by atoms with Gasteiger partial charge in [-0.2, -0.15) is 0 Å². The minimum atomic E-state index is 0.482. The third kappa shape index (κ3) is 2.76. The lowest BCUT2D eigenvalue weighted by Crippen LogP contribution is -2.30. The van der Waals surface area contributed by atoms with Gasteiger partial charge in [0.2, 0.25) is 0 Å². The van der Waals surface area contributed by atoms with Gasteiger partial charge < -0.3 is 10.5 Å². The molecule has 0 saturated carbocycles. The van der Waals surface area contributed by atoms with E-state index in [9.17, 15) is 0 Å². The molecule has 1 saturated heterocycles. The van der Waals surface area contributed by atoms with Gasteiger partial charge in [0.25, 0.3) is 0 Å². The van der Waals surface area contributed by atoms with Gasteiger partial charge in [0.05, 0.1) is 6.10 Å². The molecule has 0 bridgehead atoms. The average Bonchev–Trinajstić information content (AvgIpc) is 2.05. The highest BCUT2D eigenvalue weighted by atomic mass is 16.5. The first-order valence-corrected chi connectivity index (χ1v) is 5.05. The summed E-state index contributed by atoms with van der Waals surface area (Å²) in [4.78, 5) is 0. The standard InChI is InChI=1S/C10H21NO/c1-8(2)10-7-9(3-5-11)4-6-12-10/h8-10H,3-7,11H2,1-2H3. The smallest absolute Gasteiger partial charge is 0.0600 e. The van der Waals surface area contributed by atoms with E-state index in [1.807, 2.05) is 0 Å². The van der Waals surface area contributed by atoms with Crippen molar-refractivity contribution in [3.63, 3.8) is 0 Å². The van der Waals surface area contributed by atoms with Crippen LogP contribution in [-0.4, -0.2) is 19.3 Å². The SMILES string of the molecule is CC(C)C1CC(CCN)CCO1. The number of hydrogen-bond acceptors (Lipinski definition) is 2. The summed E-state index contributed by atoms with van der Waals surface area (Å²) < 4.78 is 5.68. The summed E-state index contributed by atoms with van der Waals surface area (Å²) in [7, 11) is 0.